The number of aromatic nitrogens is 1. The summed E-state index contributed by atoms with van der Waals surface area (Å²) in [6.45, 7) is 4.40. The van der Waals surface area contributed by atoms with Crippen LogP contribution < -0.4 is 0 Å². The van der Waals surface area contributed by atoms with Gasteiger partial charge in [-0.3, -0.25) is 0 Å². The van der Waals surface area contributed by atoms with Gasteiger partial charge in [0.25, 0.3) is 0 Å². The van der Waals surface area contributed by atoms with Crippen molar-refractivity contribution in [2.45, 2.75) is 13.8 Å². The Balaban J connectivity index is 1.34. The lowest BCUT2D eigenvalue weighted by molar-refractivity contribution is 1.20. The fourth-order valence-corrected chi connectivity index (χ4v) is 6.73. The lowest BCUT2D eigenvalue weighted by Crippen LogP contribution is -1.96. The maximum Gasteiger partial charge on any atom is 0.0541 e. The first-order valence-electron chi connectivity index (χ1n) is 15.0. The lowest BCUT2D eigenvalue weighted by atomic mass is 9.92. The van der Waals surface area contributed by atoms with E-state index in [4.69, 9.17) is 0 Å². The molecule has 43 heavy (non-hydrogen) atoms. The number of nitrogens with zero attached hydrogens (tertiary/aromatic N) is 1. The molecule has 8 rings (SSSR count). The van der Waals surface area contributed by atoms with E-state index in [9.17, 15) is 0 Å². The summed E-state index contributed by atoms with van der Waals surface area (Å²) in [5, 5.41) is 5.04. The summed E-state index contributed by atoms with van der Waals surface area (Å²) in [5.41, 5.74) is 13.8. The van der Waals surface area contributed by atoms with Gasteiger partial charge in [-0.1, -0.05) is 121 Å². The van der Waals surface area contributed by atoms with Gasteiger partial charge in [0.15, 0.2) is 0 Å². The van der Waals surface area contributed by atoms with E-state index in [1.165, 1.54) is 82.8 Å². The summed E-state index contributed by atoms with van der Waals surface area (Å²) in [4.78, 5) is 0. The zero-order valence-electron chi connectivity index (χ0n) is 24.4. The minimum atomic E-state index is 1.20. The molecule has 0 N–H and O–H groups in total. The Morgan fingerprint density at radius 1 is 0.349 bits per heavy atom. The van der Waals surface area contributed by atoms with E-state index in [-0.39, 0.29) is 0 Å². The molecule has 0 bridgehead atoms. The van der Waals surface area contributed by atoms with E-state index in [0.29, 0.717) is 0 Å². The third kappa shape index (κ3) is 4.16. The van der Waals surface area contributed by atoms with Crippen molar-refractivity contribution in [3.63, 3.8) is 0 Å². The van der Waals surface area contributed by atoms with Crippen LogP contribution in [0.1, 0.15) is 11.1 Å². The van der Waals surface area contributed by atoms with Crippen LogP contribution in [-0.4, -0.2) is 4.57 Å². The third-order valence-electron chi connectivity index (χ3n) is 8.91. The normalized spacial score (nSPS) is 11.5. The molecule has 0 aliphatic rings. The molecule has 7 aromatic carbocycles. The molecular weight excluding hydrogens is 518 g/mol. The highest BCUT2D eigenvalue weighted by molar-refractivity contribution is 6.12. The second-order valence-corrected chi connectivity index (χ2v) is 11.5. The van der Waals surface area contributed by atoms with Crippen molar-refractivity contribution >= 4 is 32.6 Å². The molecule has 0 aliphatic heterocycles. The van der Waals surface area contributed by atoms with Crippen molar-refractivity contribution in [1.29, 1.82) is 0 Å². The fraction of sp³-hybridized carbons (Fsp3) is 0.0476. The van der Waals surface area contributed by atoms with Gasteiger partial charge in [0.1, 0.15) is 0 Å². The monoisotopic (exact) mass is 549 g/mol. The molecule has 0 amide bonds. The van der Waals surface area contributed by atoms with Gasteiger partial charge in [-0.05, 0) is 94.1 Å². The van der Waals surface area contributed by atoms with E-state index < -0.39 is 0 Å². The van der Waals surface area contributed by atoms with Gasteiger partial charge < -0.3 is 4.57 Å². The van der Waals surface area contributed by atoms with Crippen LogP contribution in [0.4, 0.5) is 0 Å². The molecule has 0 fully saturated rings. The van der Waals surface area contributed by atoms with Crippen molar-refractivity contribution < 1.29 is 0 Å². The van der Waals surface area contributed by atoms with E-state index in [0.717, 1.165) is 0 Å². The molecule has 1 nitrogen and oxygen atoms in total. The number of rotatable bonds is 4. The average molecular weight is 550 g/mol. The second kappa shape index (κ2) is 10.2. The Labute approximate surface area is 252 Å². The van der Waals surface area contributed by atoms with Crippen molar-refractivity contribution in [3.05, 3.63) is 163 Å². The summed E-state index contributed by atoms with van der Waals surface area (Å²) in [6, 6.07) is 55.3. The standard InChI is InChI=1S/C42H31N/c1-28-12-6-7-15-33(28)38-26-31(21-20-29(38)2)32-22-24-42-39(27-32)37-18-10-11-19-40(37)43(42)41-25-23-34(30-13-4-3-5-14-30)35-16-8-9-17-36(35)41/h3-27H,1-2H3. The number of aryl methyl sites for hydroxylation is 2. The minimum absolute atomic E-state index is 1.20. The van der Waals surface area contributed by atoms with Crippen LogP contribution in [0.15, 0.2) is 152 Å². The van der Waals surface area contributed by atoms with E-state index >= 15 is 0 Å². The van der Waals surface area contributed by atoms with Gasteiger partial charge in [-0.15, -0.1) is 0 Å². The molecule has 1 heteroatoms. The summed E-state index contributed by atoms with van der Waals surface area (Å²) in [5.74, 6) is 0. The summed E-state index contributed by atoms with van der Waals surface area (Å²) in [7, 11) is 0. The van der Waals surface area contributed by atoms with Crippen molar-refractivity contribution in [3.8, 4) is 39.1 Å². The van der Waals surface area contributed by atoms with Gasteiger partial charge in [-0.2, -0.15) is 0 Å². The Morgan fingerprint density at radius 2 is 0.977 bits per heavy atom. The smallest absolute Gasteiger partial charge is 0.0541 e. The number of hydrogen-bond donors (Lipinski definition) is 0. The quantitative estimate of drug-likeness (QED) is 0.206. The summed E-state index contributed by atoms with van der Waals surface area (Å²) < 4.78 is 2.44. The van der Waals surface area contributed by atoms with Crippen LogP contribution in [0.3, 0.4) is 0 Å². The molecule has 1 aromatic heterocycles. The molecule has 0 saturated carbocycles. The Kier molecular flexibility index (Phi) is 5.98. The molecule has 0 aliphatic carbocycles. The first kappa shape index (κ1) is 25.3. The molecule has 8 aromatic rings. The number of para-hydroxylation sites is 1. The number of fused-ring (bicyclic) bond motifs is 4. The molecule has 204 valence electrons. The van der Waals surface area contributed by atoms with Gasteiger partial charge in [0.2, 0.25) is 0 Å². The zero-order chi connectivity index (χ0) is 28.9. The SMILES string of the molecule is Cc1ccccc1-c1cc(-c2ccc3c(c2)c2ccccc2n3-c2ccc(-c3ccccc3)c3ccccc23)ccc1C. The fourth-order valence-electron chi connectivity index (χ4n) is 6.73. The highest BCUT2D eigenvalue weighted by Crippen LogP contribution is 2.40. The van der Waals surface area contributed by atoms with Crippen LogP contribution in [0, 0.1) is 13.8 Å². The molecule has 0 spiro atoms. The van der Waals surface area contributed by atoms with Gasteiger partial charge in [-0.25, -0.2) is 0 Å². The summed E-state index contributed by atoms with van der Waals surface area (Å²) in [6.07, 6.45) is 0. The minimum Gasteiger partial charge on any atom is -0.309 e. The maximum atomic E-state index is 2.44. The van der Waals surface area contributed by atoms with Crippen molar-refractivity contribution in [2.75, 3.05) is 0 Å². The second-order valence-electron chi connectivity index (χ2n) is 11.5. The first-order chi connectivity index (χ1) is 21.2. The lowest BCUT2D eigenvalue weighted by Gasteiger charge is -2.15. The molecule has 0 saturated heterocycles. The van der Waals surface area contributed by atoms with Crippen LogP contribution in [0.25, 0.3) is 71.6 Å². The Bertz CT molecular complexity index is 2300. The highest BCUT2D eigenvalue weighted by atomic mass is 15.0. The molecule has 1 heterocycles. The zero-order valence-corrected chi connectivity index (χ0v) is 24.4. The Hall–Kier alpha value is -5.40. The highest BCUT2D eigenvalue weighted by Gasteiger charge is 2.17. The molecular formula is C42H31N. The van der Waals surface area contributed by atoms with Crippen LogP contribution in [0.5, 0.6) is 0 Å². The predicted molar refractivity (Wildman–Crippen MR) is 184 cm³/mol. The third-order valence-corrected chi connectivity index (χ3v) is 8.91. The van der Waals surface area contributed by atoms with Crippen LogP contribution >= 0.6 is 0 Å². The predicted octanol–water partition coefficient (Wildman–Crippen LogP) is 11.6. The van der Waals surface area contributed by atoms with Crippen LogP contribution in [-0.2, 0) is 0 Å². The molecule has 0 atom stereocenters. The van der Waals surface area contributed by atoms with E-state index in [1.54, 1.807) is 0 Å². The molecule has 0 radical (unpaired) electrons. The van der Waals surface area contributed by atoms with E-state index in [2.05, 4.69) is 170 Å². The van der Waals surface area contributed by atoms with Gasteiger partial charge in [0.05, 0.1) is 16.7 Å². The topological polar surface area (TPSA) is 4.93 Å². The van der Waals surface area contributed by atoms with Crippen molar-refractivity contribution in [1.82, 2.24) is 4.57 Å². The van der Waals surface area contributed by atoms with Crippen LogP contribution in [0.2, 0.25) is 0 Å². The molecule has 0 unspecified atom stereocenters. The maximum absolute atomic E-state index is 2.44. The van der Waals surface area contributed by atoms with E-state index in [1.807, 2.05) is 0 Å². The number of hydrogen-bond acceptors (Lipinski definition) is 0. The Morgan fingerprint density at radius 3 is 1.81 bits per heavy atom. The largest absolute Gasteiger partial charge is 0.309 e. The number of benzene rings is 7. The average Bonchev–Trinajstić information content (AvgIpc) is 3.39. The summed E-state index contributed by atoms with van der Waals surface area (Å²) >= 11 is 0. The van der Waals surface area contributed by atoms with Gasteiger partial charge >= 0.3 is 0 Å². The first-order valence-corrected chi connectivity index (χ1v) is 15.0. The van der Waals surface area contributed by atoms with Gasteiger partial charge in [0, 0.05) is 16.2 Å². The van der Waals surface area contributed by atoms with Crippen molar-refractivity contribution in [2.24, 2.45) is 0 Å².